The number of benzene rings is 1. The van der Waals surface area contributed by atoms with Gasteiger partial charge in [-0.25, -0.2) is 4.79 Å². The molecule has 3 N–H and O–H groups in total. The minimum atomic E-state index is -0.799. The molecule has 0 spiro atoms. The van der Waals surface area contributed by atoms with Gasteiger partial charge in [0.2, 0.25) is 11.8 Å². The van der Waals surface area contributed by atoms with Crippen LogP contribution in [0.3, 0.4) is 0 Å². The summed E-state index contributed by atoms with van der Waals surface area (Å²) in [5.74, 6) is -0.848. The van der Waals surface area contributed by atoms with Crippen molar-refractivity contribution in [3.05, 3.63) is 35.9 Å². The summed E-state index contributed by atoms with van der Waals surface area (Å²) in [4.78, 5) is 36.6. The number of hydrogen-bond acceptors (Lipinski definition) is 4. The zero-order chi connectivity index (χ0) is 20.4. The summed E-state index contributed by atoms with van der Waals surface area (Å²) >= 11 is 0. The molecule has 0 saturated heterocycles. The molecule has 0 aliphatic heterocycles. The molecule has 1 rings (SSSR count). The van der Waals surface area contributed by atoms with Gasteiger partial charge in [-0.3, -0.25) is 9.59 Å². The Kier molecular flexibility index (Phi) is 9.33. The van der Waals surface area contributed by atoms with E-state index in [-0.39, 0.29) is 24.5 Å². The number of carbonyl (C=O) groups excluding carboxylic acids is 3. The predicted molar refractivity (Wildman–Crippen MR) is 104 cm³/mol. The molecule has 1 aromatic carbocycles. The number of rotatable bonds is 9. The zero-order valence-electron chi connectivity index (χ0n) is 16.7. The van der Waals surface area contributed by atoms with Crippen LogP contribution in [0.2, 0.25) is 0 Å². The summed E-state index contributed by atoms with van der Waals surface area (Å²) < 4.78 is 5.17. The van der Waals surface area contributed by atoms with Crippen LogP contribution in [0.4, 0.5) is 4.79 Å². The quantitative estimate of drug-likeness (QED) is 0.615. The second-order valence-electron chi connectivity index (χ2n) is 6.98. The van der Waals surface area contributed by atoms with Crippen molar-refractivity contribution in [2.45, 2.75) is 65.8 Å². The van der Waals surface area contributed by atoms with Crippen molar-refractivity contribution < 1.29 is 19.1 Å². The fraction of sp³-hybridized carbons (Fsp3) is 0.550. The van der Waals surface area contributed by atoms with E-state index in [1.54, 1.807) is 6.92 Å². The van der Waals surface area contributed by atoms with Gasteiger partial charge in [-0.2, -0.15) is 0 Å². The highest BCUT2D eigenvalue weighted by atomic mass is 16.5. The van der Waals surface area contributed by atoms with Crippen LogP contribution in [-0.4, -0.2) is 36.0 Å². The Bertz CT molecular complexity index is 619. The third-order valence-electron chi connectivity index (χ3n) is 4.19. The summed E-state index contributed by atoms with van der Waals surface area (Å²) in [5, 5.41) is 8.04. The van der Waals surface area contributed by atoms with Gasteiger partial charge in [0.05, 0.1) is 0 Å². The van der Waals surface area contributed by atoms with E-state index in [1.165, 1.54) is 0 Å². The molecule has 0 aliphatic carbocycles. The van der Waals surface area contributed by atoms with Crippen molar-refractivity contribution in [1.29, 1.82) is 0 Å². The topological polar surface area (TPSA) is 96.5 Å². The molecular formula is C20H31N3O4. The first kappa shape index (κ1) is 22.5. The molecule has 0 radical (unpaired) electrons. The van der Waals surface area contributed by atoms with E-state index in [0.717, 1.165) is 12.0 Å². The monoisotopic (exact) mass is 377 g/mol. The number of carbonyl (C=O) groups is 3. The Balaban J connectivity index is 2.56. The zero-order valence-corrected chi connectivity index (χ0v) is 16.7. The number of amides is 3. The van der Waals surface area contributed by atoms with Crippen molar-refractivity contribution in [3.63, 3.8) is 0 Å². The fourth-order valence-corrected chi connectivity index (χ4v) is 2.27. The molecule has 150 valence electrons. The van der Waals surface area contributed by atoms with Crippen LogP contribution in [0.25, 0.3) is 0 Å². The van der Waals surface area contributed by atoms with E-state index < -0.39 is 24.1 Å². The molecule has 7 heteroatoms. The maximum atomic E-state index is 12.5. The highest BCUT2D eigenvalue weighted by Gasteiger charge is 2.27. The number of ether oxygens (including phenoxy) is 1. The van der Waals surface area contributed by atoms with Crippen molar-refractivity contribution >= 4 is 17.9 Å². The average Bonchev–Trinajstić information content (AvgIpc) is 2.64. The first-order valence-corrected chi connectivity index (χ1v) is 9.32. The van der Waals surface area contributed by atoms with Crippen LogP contribution >= 0.6 is 0 Å². The maximum Gasteiger partial charge on any atom is 0.408 e. The Labute approximate surface area is 161 Å². The van der Waals surface area contributed by atoms with E-state index in [0.29, 0.717) is 0 Å². The lowest BCUT2D eigenvalue weighted by Gasteiger charge is -2.24. The first-order valence-electron chi connectivity index (χ1n) is 9.32. The van der Waals surface area contributed by atoms with E-state index in [4.69, 9.17) is 4.74 Å². The van der Waals surface area contributed by atoms with Crippen molar-refractivity contribution in [2.24, 2.45) is 5.92 Å². The highest BCUT2D eigenvalue weighted by Crippen LogP contribution is 2.05. The molecule has 0 aliphatic rings. The summed E-state index contributed by atoms with van der Waals surface area (Å²) in [6.07, 6.45) is 0.125. The van der Waals surface area contributed by atoms with Gasteiger partial charge in [-0.05, 0) is 31.7 Å². The Hall–Kier alpha value is -2.57. The fourth-order valence-electron chi connectivity index (χ4n) is 2.27. The molecule has 0 aromatic heterocycles. The van der Waals surface area contributed by atoms with Crippen LogP contribution in [0, 0.1) is 5.92 Å². The first-order chi connectivity index (χ1) is 12.7. The predicted octanol–water partition coefficient (Wildman–Crippen LogP) is 2.36. The average molecular weight is 377 g/mol. The van der Waals surface area contributed by atoms with Gasteiger partial charge < -0.3 is 20.7 Å². The van der Waals surface area contributed by atoms with Crippen LogP contribution in [0.5, 0.6) is 0 Å². The molecule has 3 atom stereocenters. The Morgan fingerprint density at radius 2 is 1.56 bits per heavy atom. The van der Waals surface area contributed by atoms with E-state index in [1.807, 2.05) is 58.0 Å². The molecule has 7 nitrogen and oxygen atoms in total. The van der Waals surface area contributed by atoms with Gasteiger partial charge in [0.25, 0.3) is 0 Å². The number of hydrogen-bond donors (Lipinski definition) is 3. The number of nitrogens with one attached hydrogen (secondary N) is 3. The van der Waals surface area contributed by atoms with Crippen molar-refractivity contribution in [2.75, 3.05) is 0 Å². The van der Waals surface area contributed by atoms with E-state index >= 15 is 0 Å². The molecule has 2 unspecified atom stereocenters. The minimum Gasteiger partial charge on any atom is -0.445 e. The smallest absolute Gasteiger partial charge is 0.408 e. The Morgan fingerprint density at radius 3 is 2.11 bits per heavy atom. The van der Waals surface area contributed by atoms with Gasteiger partial charge in [0, 0.05) is 6.04 Å². The van der Waals surface area contributed by atoms with Crippen molar-refractivity contribution in [1.82, 2.24) is 16.0 Å². The lowest BCUT2D eigenvalue weighted by Crippen LogP contribution is -2.55. The van der Waals surface area contributed by atoms with E-state index in [9.17, 15) is 14.4 Å². The van der Waals surface area contributed by atoms with Gasteiger partial charge in [-0.15, -0.1) is 0 Å². The maximum absolute atomic E-state index is 12.5. The van der Waals surface area contributed by atoms with Gasteiger partial charge in [-0.1, -0.05) is 51.1 Å². The molecule has 0 saturated carbocycles. The van der Waals surface area contributed by atoms with Crippen LogP contribution in [0.15, 0.2) is 30.3 Å². The number of alkyl carbamates (subject to hydrolysis) is 1. The lowest BCUT2D eigenvalue weighted by molar-refractivity contribution is -0.130. The van der Waals surface area contributed by atoms with E-state index in [2.05, 4.69) is 16.0 Å². The summed E-state index contributed by atoms with van der Waals surface area (Å²) in [6, 6.07) is 7.81. The second-order valence-corrected chi connectivity index (χ2v) is 6.98. The lowest BCUT2D eigenvalue weighted by atomic mass is 10.0. The summed E-state index contributed by atoms with van der Waals surface area (Å²) in [5.41, 5.74) is 0.855. The van der Waals surface area contributed by atoms with Gasteiger partial charge >= 0.3 is 6.09 Å². The third kappa shape index (κ3) is 8.11. The minimum absolute atomic E-state index is 0.0313. The molecule has 0 bridgehead atoms. The molecule has 0 fully saturated rings. The Morgan fingerprint density at radius 1 is 0.926 bits per heavy atom. The van der Waals surface area contributed by atoms with Crippen molar-refractivity contribution in [3.8, 4) is 0 Å². The van der Waals surface area contributed by atoms with Gasteiger partial charge in [0.1, 0.15) is 18.7 Å². The summed E-state index contributed by atoms with van der Waals surface area (Å²) in [7, 11) is 0. The molecule has 27 heavy (non-hydrogen) atoms. The standard InChI is InChI=1S/C20H31N3O4/c1-6-14(4)21-18(24)15(5)22-19(25)17(13(2)3)23-20(26)27-12-16-10-8-7-9-11-16/h7-11,13-15,17H,6,12H2,1-5H3,(H,21,24)(H,22,25)(H,23,26)/t14?,15?,17-/m0/s1. The third-order valence-corrected chi connectivity index (χ3v) is 4.19. The highest BCUT2D eigenvalue weighted by molar-refractivity contribution is 5.91. The SMILES string of the molecule is CCC(C)NC(=O)C(C)NC(=O)[C@@H](NC(=O)OCc1ccccc1)C(C)C. The molecule has 3 amide bonds. The normalized spacial score (nSPS) is 14.0. The van der Waals surface area contributed by atoms with Crippen LogP contribution in [0.1, 0.15) is 46.6 Å². The largest absolute Gasteiger partial charge is 0.445 e. The van der Waals surface area contributed by atoms with Crippen LogP contribution < -0.4 is 16.0 Å². The summed E-state index contributed by atoms with van der Waals surface area (Å²) in [6.45, 7) is 9.21. The molecular weight excluding hydrogens is 346 g/mol. The second kappa shape index (κ2) is 11.2. The molecule has 0 heterocycles. The molecule has 1 aromatic rings. The van der Waals surface area contributed by atoms with Gasteiger partial charge in [0.15, 0.2) is 0 Å². The van der Waals surface area contributed by atoms with Crippen LogP contribution in [-0.2, 0) is 20.9 Å².